The number of rotatable bonds is 5. The maximum atomic E-state index is 12.8. The second-order valence-corrected chi connectivity index (χ2v) is 5.88. The molecule has 0 atom stereocenters. The van der Waals surface area contributed by atoms with Crippen molar-refractivity contribution in [1.82, 2.24) is 24.9 Å². The van der Waals surface area contributed by atoms with E-state index < -0.39 is 11.5 Å². The third-order valence-electron chi connectivity index (χ3n) is 3.84. The number of aliphatic hydroxyl groups is 1. The molecule has 0 saturated carbocycles. The highest BCUT2D eigenvalue weighted by molar-refractivity contribution is 5.94. The third kappa shape index (κ3) is 3.55. The van der Waals surface area contributed by atoms with Gasteiger partial charge in [-0.2, -0.15) is 14.9 Å². The normalized spacial score (nSPS) is 10.7. The van der Waals surface area contributed by atoms with Gasteiger partial charge < -0.3 is 10.4 Å². The molecule has 0 aliphatic heterocycles. The van der Waals surface area contributed by atoms with Gasteiger partial charge in [0.15, 0.2) is 0 Å². The predicted octanol–water partition coefficient (Wildman–Crippen LogP) is 0.664. The van der Waals surface area contributed by atoms with Crippen molar-refractivity contribution in [2.45, 2.75) is 6.92 Å². The zero-order chi connectivity index (χ0) is 18.7. The number of nitrogens with zero attached hydrogens (tertiary/aromatic N) is 4. The lowest BCUT2D eigenvalue weighted by Crippen LogP contribution is -2.35. The Bertz CT molecular complexity index is 989. The summed E-state index contributed by atoms with van der Waals surface area (Å²) in [5.41, 5.74) is 2.22. The van der Waals surface area contributed by atoms with E-state index in [0.717, 1.165) is 15.8 Å². The molecule has 0 radical (unpaired) electrons. The monoisotopic (exact) mass is 353 g/mol. The summed E-state index contributed by atoms with van der Waals surface area (Å²) in [5.74, 6) is -0.558. The number of hydrogen-bond acceptors (Lipinski definition) is 5. The smallest absolute Gasteiger partial charge is 0.284 e. The Morgan fingerprint density at radius 3 is 2.62 bits per heavy atom. The van der Waals surface area contributed by atoms with Gasteiger partial charge in [-0.1, -0.05) is 29.8 Å². The molecule has 8 nitrogen and oxygen atoms in total. The van der Waals surface area contributed by atoms with Gasteiger partial charge in [0.1, 0.15) is 11.3 Å². The molecule has 134 valence electrons. The summed E-state index contributed by atoms with van der Waals surface area (Å²) in [4.78, 5) is 25.1. The lowest BCUT2D eigenvalue weighted by Gasteiger charge is -2.10. The zero-order valence-electron chi connectivity index (χ0n) is 14.5. The van der Waals surface area contributed by atoms with Crippen LogP contribution in [0.1, 0.15) is 15.9 Å². The molecule has 3 rings (SSSR count). The molecular weight excluding hydrogens is 334 g/mol. The van der Waals surface area contributed by atoms with Crippen molar-refractivity contribution in [3.05, 3.63) is 64.2 Å². The Kier molecular flexibility index (Phi) is 4.94. The third-order valence-corrected chi connectivity index (χ3v) is 3.84. The molecule has 0 aliphatic carbocycles. The van der Waals surface area contributed by atoms with Crippen LogP contribution in [0.25, 0.3) is 16.9 Å². The summed E-state index contributed by atoms with van der Waals surface area (Å²) in [6.07, 6.45) is 3.14. The summed E-state index contributed by atoms with van der Waals surface area (Å²) >= 11 is 0. The fourth-order valence-electron chi connectivity index (χ4n) is 2.48. The SMILES string of the molecule is Cc1ccc(-c2cc(C(=O)NCCO)c(=O)n(-c3cnn(C)c3)n2)cc1. The zero-order valence-corrected chi connectivity index (χ0v) is 14.5. The minimum atomic E-state index is -0.558. The molecule has 0 spiro atoms. The molecular formula is C18H19N5O3. The Balaban J connectivity index is 2.17. The molecule has 0 aliphatic rings. The maximum Gasteiger partial charge on any atom is 0.284 e. The van der Waals surface area contributed by atoms with Crippen LogP contribution < -0.4 is 10.9 Å². The van der Waals surface area contributed by atoms with Gasteiger partial charge in [0.2, 0.25) is 0 Å². The van der Waals surface area contributed by atoms with Crippen molar-refractivity contribution in [3.8, 4) is 16.9 Å². The molecule has 26 heavy (non-hydrogen) atoms. The van der Waals surface area contributed by atoms with E-state index >= 15 is 0 Å². The van der Waals surface area contributed by atoms with E-state index in [9.17, 15) is 9.59 Å². The number of amides is 1. The molecule has 2 aromatic heterocycles. The van der Waals surface area contributed by atoms with E-state index in [2.05, 4.69) is 15.5 Å². The topological polar surface area (TPSA) is 102 Å². The first-order valence-corrected chi connectivity index (χ1v) is 8.09. The predicted molar refractivity (Wildman–Crippen MR) is 96.2 cm³/mol. The molecule has 1 amide bonds. The highest BCUT2D eigenvalue weighted by Gasteiger charge is 2.17. The minimum Gasteiger partial charge on any atom is -0.395 e. The van der Waals surface area contributed by atoms with E-state index in [4.69, 9.17) is 5.11 Å². The first-order chi connectivity index (χ1) is 12.5. The van der Waals surface area contributed by atoms with E-state index in [1.807, 2.05) is 31.2 Å². The second kappa shape index (κ2) is 7.32. The van der Waals surface area contributed by atoms with Gasteiger partial charge >= 0.3 is 0 Å². The Labute approximate surface area is 149 Å². The number of benzene rings is 1. The highest BCUT2D eigenvalue weighted by atomic mass is 16.3. The fourth-order valence-corrected chi connectivity index (χ4v) is 2.48. The van der Waals surface area contributed by atoms with Crippen molar-refractivity contribution < 1.29 is 9.90 Å². The van der Waals surface area contributed by atoms with Crippen molar-refractivity contribution in [2.75, 3.05) is 13.2 Å². The standard InChI is InChI=1S/C18H19N5O3/c1-12-3-5-13(6-4-12)16-9-15(17(25)19-7-8-24)18(26)23(21-16)14-10-20-22(2)11-14/h3-6,9-11,24H,7-8H2,1-2H3,(H,19,25). The number of carbonyl (C=O) groups excluding carboxylic acids is 1. The van der Waals surface area contributed by atoms with Crippen LogP contribution in [-0.4, -0.2) is 43.7 Å². The highest BCUT2D eigenvalue weighted by Crippen LogP contribution is 2.18. The molecule has 0 bridgehead atoms. The first kappa shape index (κ1) is 17.6. The average molecular weight is 353 g/mol. The number of nitrogens with one attached hydrogen (secondary N) is 1. The Morgan fingerprint density at radius 1 is 1.27 bits per heavy atom. The van der Waals surface area contributed by atoms with Crippen molar-refractivity contribution in [3.63, 3.8) is 0 Å². The molecule has 0 fully saturated rings. The average Bonchev–Trinajstić information content (AvgIpc) is 3.06. The number of aryl methyl sites for hydroxylation is 2. The summed E-state index contributed by atoms with van der Waals surface area (Å²) in [6.45, 7) is 1.83. The van der Waals surface area contributed by atoms with Gasteiger partial charge in [-0.25, -0.2) is 0 Å². The van der Waals surface area contributed by atoms with Gasteiger partial charge in [-0.15, -0.1) is 0 Å². The number of hydrogen-bond donors (Lipinski definition) is 2. The van der Waals surface area contributed by atoms with Gasteiger partial charge in [-0.05, 0) is 13.0 Å². The van der Waals surface area contributed by atoms with Crippen LogP contribution in [0, 0.1) is 6.92 Å². The number of aliphatic hydroxyl groups excluding tert-OH is 1. The molecule has 8 heteroatoms. The maximum absolute atomic E-state index is 12.8. The van der Waals surface area contributed by atoms with Gasteiger partial charge in [0.25, 0.3) is 11.5 Å². The Hall–Kier alpha value is -3.26. The van der Waals surface area contributed by atoms with Crippen LogP contribution in [0.5, 0.6) is 0 Å². The van der Waals surface area contributed by atoms with Crippen molar-refractivity contribution >= 4 is 5.91 Å². The second-order valence-electron chi connectivity index (χ2n) is 5.88. The quantitative estimate of drug-likeness (QED) is 0.702. The fraction of sp³-hybridized carbons (Fsp3) is 0.222. The molecule has 2 heterocycles. The van der Waals surface area contributed by atoms with Crippen molar-refractivity contribution in [2.24, 2.45) is 7.05 Å². The summed E-state index contributed by atoms with van der Waals surface area (Å²) < 4.78 is 2.71. The number of carbonyl (C=O) groups is 1. The summed E-state index contributed by atoms with van der Waals surface area (Å²) in [7, 11) is 1.73. The first-order valence-electron chi connectivity index (χ1n) is 8.09. The van der Waals surface area contributed by atoms with Crippen LogP contribution in [-0.2, 0) is 7.05 Å². The minimum absolute atomic E-state index is 0.0483. The van der Waals surface area contributed by atoms with Gasteiger partial charge in [-0.3, -0.25) is 14.3 Å². The van der Waals surface area contributed by atoms with Crippen molar-refractivity contribution in [1.29, 1.82) is 0 Å². The summed E-state index contributed by atoms with van der Waals surface area (Å²) in [5, 5.41) is 19.9. The van der Waals surface area contributed by atoms with Crippen LogP contribution in [0.15, 0.2) is 47.5 Å². The van der Waals surface area contributed by atoms with Gasteiger partial charge in [0, 0.05) is 19.2 Å². The van der Waals surface area contributed by atoms with Crippen LogP contribution >= 0.6 is 0 Å². The van der Waals surface area contributed by atoms with E-state index in [1.165, 1.54) is 12.3 Å². The van der Waals surface area contributed by atoms with Crippen LogP contribution in [0.2, 0.25) is 0 Å². The van der Waals surface area contributed by atoms with Crippen LogP contribution in [0.3, 0.4) is 0 Å². The van der Waals surface area contributed by atoms with Crippen LogP contribution in [0.4, 0.5) is 0 Å². The van der Waals surface area contributed by atoms with E-state index in [1.54, 1.807) is 17.9 Å². The lowest BCUT2D eigenvalue weighted by atomic mass is 10.1. The number of aromatic nitrogens is 4. The largest absolute Gasteiger partial charge is 0.395 e. The Morgan fingerprint density at radius 2 is 2.00 bits per heavy atom. The van der Waals surface area contributed by atoms with Gasteiger partial charge in [0.05, 0.1) is 24.7 Å². The van der Waals surface area contributed by atoms with E-state index in [-0.39, 0.29) is 18.7 Å². The molecule has 3 aromatic rings. The molecule has 2 N–H and O–H groups in total. The lowest BCUT2D eigenvalue weighted by molar-refractivity contribution is 0.0942. The molecule has 0 unspecified atom stereocenters. The summed E-state index contributed by atoms with van der Waals surface area (Å²) in [6, 6.07) is 9.09. The van der Waals surface area contributed by atoms with E-state index in [0.29, 0.717) is 11.4 Å². The molecule has 0 saturated heterocycles. The molecule has 1 aromatic carbocycles.